The van der Waals surface area contributed by atoms with Crippen LogP contribution in [0.3, 0.4) is 0 Å². The summed E-state index contributed by atoms with van der Waals surface area (Å²) < 4.78 is 5.13. The van der Waals surface area contributed by atoms with E-state index in [9.17, 15) is 9.59 Å². The molecule has 0 aromatic heterocycles. The van der Waals surface area contributed by atoms with Gasteiger partial charge in [-0.25, -0.2) is 4.79 Å². The van der Waals surface area contributed by atoms with E-state index in [2.05, 4.69) is 10.6 Å². The summed E-state index contributed by atoms with van der Waals surface area (Å²) in [5.74, 6) is 0.463. The number of carbonyl (C=O) groups excluding carboxylic acids is 2. The first kappa shape index (κ1) is 13.6. The Labute approximate surface area is 116 Å². The normalized spacial score (nSPS) is 9.65. The average molecular weight is 270 g/mol. The van der Waals surface area contributed by atoms with E-state index in [0.717, 1.165) is 5.56 Å². The maximum atomic E-state index is 11.8. The molecule has 2 aromatic rings. The van der Waals surface area contributed by atoms with Crippen molar-refractivity contribution in [3.63, 3.8) is 0 Å². The number of nitrogens with one attached hydrogen (secondary N) is 2. The largest absolute Gasteiger partial charge is 0.417 e. The van der Waals surface area contributed by atoms with Crippen LogP contribution < -0.4 is 15.4 Å². The summed E-state index contributed by atoms with van der Waals surface area (Å²) in [4.78, 5) is 22.2. The smallest absolute Gasteiger partial charge is 0.410 e. The van der Waals surface area contributed by atoms with E-state index in [1.165, 1.54) is 0 Å². The van der Waals surface area contributed by atoms with E-state index in [0.29, 0.717) is 23.5 Å². The summed E-state index contributed by atoms with van der Waals surface area (Å²) >= 11 is 0. The molecule has 5 nitrogen and oxygen atoms in total. The summed E-state index contributed by atoms with van der Waals surface area (Å²) in [5.41, 5.74) is 2.05. The molecule has 0 heterocycles. The van der Waals surface area contributed by atoms with Crippen LogP contribution in [0.5, 0.6) is 5.75 Å². The highest BCUT2D eigenvalue weighted by Crippen LogP contribution is 2.20. The fourth-order valence-electron chi connectivity index (χ4n) is 1.65. The zero-order valence-electron chi connectivity index (χ0n) is 10.9. The van der Waals surface area contributed by atoms with Crippen molar-refractivity contribution in [1.29, 1.82) is 0 Å². The van der Waals surface area contributed by atoms with Crippen molar-refractivity contribution in [3.8, 4) is 5.75 Å². The third-order valence-electron chi connectivity index (χ3n) is 2.65. The van der Waals surface area contributed by atoms with Gasteiger partial charge in [0.15, 0.2) is 0 Å². The van der Waals surface area contributed by atoms with Gasteiger partial charge in [0.25, 0.3) is 0 Å². The quantitative estimate of drug-likeness (QED) is 0.838. The number of benzene rings is 2. The first-order valence-electron chi connectivity index (χ1n) is 6.04. The Kier molecular flexibility index (Phi) is 4.34. The zero-order chi connectivity index (χ0) is 14.4. The number of aryl methyl sites for hydroxylation is 1. The van der Waals surface area contributed by atoms with Gasteiger partial charge in [0.1, 0.15) is 5.75 Å². The first-order chi connectivity index (χ1) is 9.69. The van der Waals surface area contributed by atoms with Crippen molar-refractivity contribution in [2.75, 3.05) is 10.6 Å². The summed E-state index contributed by atoms with van der Waals surface area (Å²) in [5, 5.41) is 5.17. The molecule has 2 rings (SSSR count). The minimum absolute atomic E-state index is 0.463. The monoisotopic (exact) mass is 270 g/mol. The van der Waals surface area contributed by atoms with Crippen molar-refractivity contribution in [3.05, 3.63) is 54.1 Å². The molecule has 20 heavy (non-hydrogen) atoms. The standard InChI is InChI=1S/C15H14N2O3/c1-11-7-8-12(16-10-18)9-14(11)17-15(19)20-13-5-3-2-4-6-13/h2-10H,1H3,(H,16,18)(H,17,19). The highest BCUT2D eigenvalue weighted by Gasteiger charge is 2.07. The number of rotatable bonds is 4. The van der Waals surface area contributed by atoms with Gasteiger partial charge >= 0.3 is 6.09 Å². The third kappa shape index (κ3) is 3.58. The summed E-state index contributed by atoms with van der Waals surface area (Å²) in [6.45, 7) is 1.85. The van der Waals surface area contributed by atoms with Gasteiger partial charge in [-0.2, -0.15) is 0 Å². The second-order valence-electron chi connectivity index (χ2n) is 4.12. The fraction of sp³-hybridized carbons (Fsp3) is 0.0667. The predicted octanol–water partition coefficient (Wildman–Crippen LogP) is 3.17. The highest BCUT2D eigenvalue weighted by molar-refractivity contribution is 5.88. The summed E-state index contributed by atoms with van der Waals surface area (Å²) in [6.07, 6.45) is -0.000873. The van der Waals surface area contributed by atoms with E-state index < -0.39 is 6.09 Å². The van der Waals surface area contributed by atoms with Gasteiger partial charge in [0.2, 0.25) is 6.41 Å². The number of carbonyl (C=O) groups is 2. The number of amides is 2. The summed E-state index contributed by atoms with van der Waals surface area (Å²) in [6, 6.07) is 14.0. The van der Waals surface area contributed by atoms with Gasteiger partial charge in [-0.3, -0.25) is 10.1 Å². The van der Waals surface area contributed by atoms with E-state index in [-0.39, 0.29) is 0 Å². The van der Waals surface area contributed by atoms with Crippen LogP contribution in [0.1, 0.15) is 5.56 Å². The second kappa shape index (κ2) is 6.38. The molecule has 0 aliphatic carbocycles. The van der Waals surface area contributed by atoms with Crippen LogP contribution in [0.2, 0.25) is 0 Å². The Morgan fingerprint density at radius 2 is 1.90 bits per heavy atom. The van der Waals surface area contributed by atoms with Crippen molar-refractivity contribution >= 4 is 23.9 Å². The molecule has 0 spiro atoms. The molecule has 0 fully saturated rings. The molecule has 0 aliphatic heterocycles. The highest BCUT2D eigenvalue weighted by atomic mass is 16.6. The molecule has 102 valence electrons. The minimum atomic E-state index is -0.581. The first-order valence-corrected chi connectivity index (χ1v) is 6.04. The number of anilines is 2. The molecular weight excluding hydrogens is 256 g/mol. The van der Waals surface area contributed by atoms with Crippen LogP contribution in [-0.4, -0.2) is 12.5 Å². The van der Waals surface area contributed by atoms with Crippen LogP contribution in [-0.2, 0) is 4.79 Å². The number of hydrogen-bond donors (Lipinski definition) is 2. The van der Waals surface area contributed by atoms with Crippen LogP contribution in [0.15, 0.2) is 48.5 Å². The van der Waals surface area contributed by atoms with Crippen LogP contribution in [0, 0.1) is 6.92 Å². The fourth-order valence-corrected chi connectivity index (χ4v) is 1.65. The number of para-hydroxylation sites is 1. The molecule has 2 amide bonds. The second-order valence-corrected chi connectivity index (χ2v) is 4.12. The number of ether oxygens (including phenoxy) is 1. The van der Waals surface area contributed by atoms with Gasteiger partial charge in [0, 0.05) is 11.4 Å². The van der Waals surface area contributed by atoms with Gasteiger partial charge in [-0.15, -0.1) is 0 Å². The Morgan fingerprint density at radius 3 is 2.60 bits per heavy atom. The van der Waals surface area contributed by atoms with Crippen LogP contribution in [0.25, 0.3) is 0 Å². The molecule has 2 aromatic carbocycles. The lowest BCUT2D eigenvalue weighted by Gasteiger charge is -2.10. The molecule has 2 N–H and O–H groups in total. The summed E-state index contributed by atoms with van der Waals surface area (Å²) in [7, 11) is 0. The van der Waals surface area contributed by atoms with Crippen LogP contribution >= 0.6 is 0 Å². The molecule has 0 bridgehead atoms. The molecule has 0 saturated carbocycles. The van der Waals surface area contributed by atoms with E-state index >= 15 is 0 Å². The van der Waals surface area contributed by atoms with E-state index in [1.54, 1.807) is 42.5 Å². The lowest BCUT2D eigenvalue weighted by Crippen LogP contribution is -2.17. The molecule has 0 saturated heterocycles. The molecule has 5 heteroatoms. The molecule has 0 radical (unpaired) electrons. The Hall–Kier alpha value is -2.82. The third-order valence-corrected chi connectivity index (χ3v) is 2.65. The van der Waals surface area contributed by atoms with Crippen molar-refractivity contribution in [2.24, 2.45) is 0 Å². The van der Waals surface area contributed by atoms with E-state index in [4.69, 9.17) is 4.74 Å². The SMILES string of the molecule is Cc1ccc(NC=O)cc1NC(=O)Oc1ccccc1. The number of hydrogen-bond acceptors (Lipinski definition) is 3. The topological polar surface area (TPSA) is 67.4 Å². The molecule has 0 atom stereocenters. The zero-order valence-corrected chi connectivity index (χ0v) is 10.9. The van der Waals surface area contributed by atoms with Gasteiger partial charge in [-0.1, -0.05) is 24.3 Å². The van der Waals surface area contributed by atoms with Crippen LogP contribution in [0.4, 0.5) is 16.2 Å². The predicted molar refractivity (Wildman–Crippen MR) is 77.0 cm³/mol. The minimum Gasteiger partial charge on any atom is -0.410 e. The maximum Gasteiger partial charge on any atom is 0.417 e. The molecule has 0 unspecified atom stereocenters. The average Bonchev–Trinajstić information content (AvgIpc) is 2.44. The van der Waals surface area contributed by atoms with Crippen molar-refractivity contribution in [1.82, 2.24) is 0 Å². The lowest BCUT2D eigenvalue weighted by atomic mass is 10.2. The molecule has 0 aliphatic rings. The lowest BCUT2D eigenvalue weighted by molar-refractivity contribution is -0.105. The molecular formula is C15H14N2O3. The Morgan fingerprint density at radius 1 is 1.15 bits per heavy atom. The van der Waals surface area contributed by atoms with E-state index in [1.807, 2.05) is 13.0 Å². The van der Waals surface area contributed by atoms with Crippen molar-refractivity contribution in [2.45, 2.75) is 6.92 Å². The van der Waals surface area contributed by atoms with Gasteiger partial charge in [0.05, 0.1) is 0 Å². The Balaban J connectivity index is 2.07. The Bertz CT molecular complexity index is 612. The van der Waals surface area contributed by atoms with Crippen molar-refractivity contribution < 1.29 is 14.3 Å². The maximum absolute atomic E-state index is 11.8. The van der Waals surface area contributed by atoms with Gasteiger partial charge < -0.3 is 10.1 Å². The van der Waals surface area contributed by atoms with Gasteiger partial charge in [-0.05, 0) is 36.8 Å².